The van der Waals surface area contributed by atoms with Crippen molar-refractivity contribution in [2.75, 3.05) is 27.2 Å². The van der Waals surface area contributed by atoms with Crippen LogP contribution in [0, 0.1) is 16.7 Å². The van der Waals surface area contributed by atoms with E-state index in [1.54, 1.807) is 0 Å². The molecule has 1 saturated carbocycles. The Hall–Kier alpha value is -1.08. The maximum Gasteiger partial charge on any atom is 0.243 e. The first-order valence-electron chi connectivity index (χ1n) is 6.46. The second kappa shape index (κ2) is 4.66. The number of rotatable bonds is 2. The Balaban J connectivity index is 2.02. The topological polar surface area (TPSA) is 47.3 Å². The molecule has 1 heterocycles. The molecule has 0 aromatic heterocycles. The normalized spacial score (nSPS) is 27.4. The predicted octanol–water partition coefficient (Wildman–Crippen LogP) is 1.23. The molecule has 0 aromatic carbocycles. The lowest BCUT2D eigenvalue weighted by molar-refractivity contribution is -0.145. The Labute approximate surface area is 103 Å². The standard InChI is InChI=1S/C13H21N3O/c1-15(2)11-5-3-8-16(9-11)12(17)13(10-14)6-4-7-13/h11H,3-9H2,1-2H3. The van der Waals surface area contributed by atoms with Crippen LogP contribution in [0.1, 0.15) is 32.1 Å². The van der Waals surface area contributed by atoms with Crippen molar-refractivity contribution < 1.29 is 4.79 Å². The molecule has 17 heavy (non-hydrogen) atoms. The number of amides is 1. The molecule has 0 spiro atoms. The van der Waals surface area contributed by atoms with E-state index in [0.29, 0.717) is 6.04 Å². The molecular weight excluding hydrogens is 214 g/mol. The summed E-state index contributed by atoms with van der Waals surface area (Å²) in [6, 6.07) is 2.70. The van der Waals surface area contributed by atoms with Gasteiger partial charge in [-0.2, -0.15) is 5.26 Å². The number of likely N-dealkylation sites (N-methyl/N-ethyl adjacent to an activating group) is 1. The third-order valence-corrected chi connectivity index (χ3v) is 4.24. The fourth-order valence-electron chi connectivity index (χ4n) is 2.77. The number of piperidine rings is 1. The minimum atomic E-state index is -0.672. The van der Waals surface area contributed by atoms with Crippen molar-refractivity contribution in [3.05, 3.63) is 0 Å². The minimum Gasteiger partial charge on any atom is -0.340 e. The Bertz CT molecular complexity index is 341. The van der Waals surface area contributed by atoms with Gasteiger partial charge in [-0.3, -0.25) is 4.79 Å². The second-order valence-corrected chi connectivity index (χ2v) is 5.56. The summed E-state index contributed by atoms with van der Waals surface area (Å²) >= 11 is 0. The monoisotopic (exact) mass is 235 g/mol. The number of nitriles is 1. The van der Waals surface area contributed by atoms with Gasteiger partial charge in [0, 0.05) is 19.1 Å². The first-order valence-corrected chi connectivity index (χ1v) is 6.46. The largest absolute Gasteiger partial charge is 0.340 e. The summed E-state index contributed by atoms with van der Waals surface area (Å²) in [5.74, 6) is 0.0813. The minimum absolute atomic E-state index is 0.0813. The highest BCUT2D eigenvalue weighted by molar-refractivity contribution is 5.86. The SMILES string of the molecule is CN(C)C1CCCN(C(=O)C2(C#N)CCC2)C1. The fraction of sp³-hybridized carbons (Fsp3) is 0.846. The molecule has 0 bridgehead atoms. The van der Waals surface area contributed by atoms with Gasteiger partial charge in [0.15, 0.2) is 0 Å². The molecule has 1 unspecified atom stereocenters. The highest BCUT2D eigenvalue weighted by atomic mass is 16.2. The lowest BCUT2D eigenvalue weighted by Gasteiger charge is -2.42. The van der Waals surface area contributed by atoms with Crippen molar-refractivity contribution in [1.29, 1.82) is 5.26 Å². The summed E-state index contributed by atoms with van der Waals surface area (Å²) in [4.78, 5) is 16.5. The van der Waals surface area contributed by atoms with Crippen LogP contribution in [-0.2, 0) is 4.79 Å². The summed E-state index contributed by atoms with van der Waals surface area (Å²) < 4.78 is 0. The van der Waals surface area contributed by atoms with E-state index in [-0.39, 0.29) is 5.91 Å². The summed E-state index contributed by atoms with van der Waals surface area (Å²) in [6.07, 6.45) is 4.73. The van der Waals surface area contributed by atoms with Crippen LogP contribution >= 0.6 is 0 Å². The van der Waals surface area contributed by atoms with E-state index >= 15 is 0 Å². The number of hydrogen-bond acceptors (Lipinski definition) is 3. The summed E-state index contributed by atoms with van der Waals surface area (Å²) in [5.41, 5.74) is -0.672. The van der Waals surface area contributed by atoms with Crippen LogP contribution in [0.2, 0.25) is 0 Å². The van der Waals surface area contributed by atoms with Crippen LogP contribution in [0.3, 0.4) is 0 Å². The number of carbonyl (C=O) groups excluding carboxylic acids is 1. The molecule has 1 atom stereocenters. The van der Waals surface area contributed by atoms with Gasteiger partial charge >= 0.3 is 0 Å². The highest BCUT2D eigenvalue weighted by Crippen LogP contribution is 2.42. The average Bonchev–Trinajstić information content (AvgIpc) is 2.28. The van der Waals surface area contributed by atoms with Gasteiger partial charge in [0.2, 0.25) is 5.91 Å². The smallest absolute Gasteiger partial charge is 0.243 e. The van der Waals surface area contributed by atoms with Crippen molar-refractivity contribution >= 4 is 5.91 Å². The summed E-state index contributed by atoms with van der Waals surface area (Å²) in [7, 11) is 4.12. The molecule has 94 valence electrons. The fourth-order valence-corrected chi connectivity index (χ4v) is 2.77. The van der Waals surface area contributed by atoms with Crippen LogP contribution in [0.15, 0.2) is 0 Å². The molecule has 0 N–H and O–H groups in total. The number of nitrogens with zero attached hydrogens (tertiary/aromatic N) is 3. The molecule has 2 rings (SSSR count). The van der Waals surface area contributed by atoms with E-state index in [2.05, 4.69) is 25.1 Å². The van der Waals surface area contributed by atoms with Crippen LogP contribution < -0.4 is 0 Å². The first kappa shape index (κ1) is 12.4. The Morgan fingerprint density at radius 2 is 2.12 bits per heavy atom. The molecule has 1 aliphatic carbocycles. The molecule has 1 aliphatic heterocycles. The number of carbonyl (C=O) groups is 1. The van der Waals surface area contributed by atoms with E-state index in [9.17, 15) is 10.1 Å². The molecule has 0 radical (unpaired) electrons. The zero-order valence-corrected chi connectivity index (χ0v) is 10.8. The zero-order chi connectivity index (χ0) is 12.5. The lowest BCUT2D eigenvalue weighted by atomic mass is 9.69. The van der Waals surface area contributed by atoms with Gasteiger partial charge in [0.05, 0.1) is 6.07 Å². The quantitative estimate of drug-likeness (QED) is 0.723. The van der Waals surface area contributed by atoms with Crippen LogP contribution in [0.25, 0.3) is 0 Å². The van der Waals surface area contributed by atoms with Crippen molar-refractivity contribution in [3.63, 3.8) is 0 Å². The maximum atomic E-state index is 12.4. The van der Waals surface area contributed by atoms with E-state index in [0.717, 1.165) is 45.2 Å². The summed E-state index contributed by atoms with van der Waals surface area (Å²) in [5, 5.41) is 9.20. The van der Waals surface area contributed by atoms with Crippen LogP contribution in [0.5, 0.6) is 0 Å². The molecule has 4 heteroatoms. The number of likely N-dealkylation sites (tertiary alicyclic amines) is 1. The molecule has 2 fully saturated rings. The van der Waals surface area contributed by atoms with Gasteiger partial charge < -0.3 is 9.80 Å². The third kappa shape index (κ3) is 2.16. The van der Waals surface area contributed by atoms with E-state index in [1.165, 1.54) is 0 Å². The Morgan fingerprint density at radius 1 is 1.41 bits per heavy atom. The molecule has 0 aromatic rings. The van der Waals surface area contributed by atoms with Crippen LogP contribution in [-0.4, -0.2) is 48.9 Å². The van der Waals surface area contributed by atoms with Gasteiger partial charge in [-0.25, -0.2) is 0 Å². The molecular formula is C13H21N3O. The summed E-state index contributed by atoms with van der Waals surface area (Å²) in [6.45, 7) is 1.61. The third-order valence-electron chi connectivity index (χ3n) is 4.24. The van der Waals surface area contributed by atoms with Gasteiger partial charge in [-0.15, -0.1) is 0 Å². The molecule has 2 aliphatic rings. The van der Waals surface area contributed by atoms with E-state index < -0.39 is 5.41 Å². The van der Waals surface area contributed by atoms with E-state index in [4.69, 9.17) is 0 Å². The van der Waals surface area contributed by atoms with Crippen molar-refractivity contribution in [3.8, 4) is 6.07 Å². The maximum absolute atomic E-state index is 12.4. The van der Waals surface area contributed by atoms with Gasteiger partial charge in [-0.1, -0.05) is 0 Å². The van der Waals surface area contributed by atoms with Gasteiger partial charge in [0.1, 0.15) is 5.41 Å². The molecule has 4 nitrogen and oxygen atoms in total. The Kier molecular flexibility index (Phi) is 3.39. The highest BCUT2D eigenvalue weighted by Gasteiger charge is 2.47. The van der Waals surface area contributed by atoms with Crippen molar-refractivity contribution in [2.24, 2.45) is 5.41 Å². The predicted molar refractivity (Wildman–Crippen MR) is 65.2 cm³/mol. The van der Waals surface area contributed by atoms with Crippen LogP contribution in [0.4, 0.5) is 0 Å². The lowest BCUT2D eigenvalue weighted by Crippen LogP contribution is -2.53. The Morgan fingerprint density at radius 3 is 2.59 bits per heavy atom. The van der Waals surface area contributed by atoms with E-state index in [1.807, 2.05) is 4.90 Å². The second-order valence-electron chi connectivity index (χ2n) is 5.56. The molecule has 1 saturated heterocycles. The van der Waals surface area contributed by atoms with Crippen molar-refractivity contribution in [2.45, 2.75) is 38.1 Å². The zero-order valence-electron chi connectivity index (χ0n) is 10.8. The van der Waals surface area contributed by atoms with Crippen molar-refractivity contribution in [1.82, 2.24) is 9.80 Å². The van der Waals surface area contributed by atoms with Gasteiger partial charge in [-0.05, 0) is 46.2 Å². The first-order chi connectivity index (χ1) is 8.09. The average molecular weight is 235 g/mol. The number of hydrogen-bond donors (Lipinski definition) is 0. The van der Waals surface area contributed by atoms with Gasteiger partial charge in [0.25, 0.3) is 0 Å². The molecule has 1 amide bonds.